The minimum atomic E-state index is 0.00834. The van der Waals surface area contributed by atoms with Crippen LogP contribution < -0.4 is 0 Å². The number of nitrogens with zero attached hydrogens (tertiary/aromatic N) is 2. The van der Waals surface area contributed by atoms with Gasteiger partial charge in [-0.05, 0) is 47.5 Å². The second-order valence-electron chi connectivity index (χ2n) is 4.68. The fourth-order valence-corrected chi connectivity index (χ4v) is 2.28. The number of rotatable bonds is 4. The van der Waals surface area contributed by atoms with Gasteiger partial charge in [-0.1, -0.05) is 29.8 Å². The molecule has 0 aliphatic heterocycles. The molecule has 0 radical (unpaired) electrons. The lowest BCUT2D eigenvalue weighted by atomic mass is 10.1. The van der Waals surface area contributed by atoms with Gasteiger partial charge in [0.25, 0.3) is 5.91 Å². The summed E-state index contributed by atoms with van der Waals surface area (Å²) in [5.41, 5.74) is 2.96. The maximum atomic E-state index is 12.4. The molecule has 1 aromatic carbocycles. The third-order valence-corrected chi connectivity index (χ3v) is 3.57. The lowest BCUT2D eigenvalue weighted by Crippen LogP contribution is -2.30. The molecule has 0 N–H and O–H groups in total. The first-order valence-corrected chi connectivity index (χ1v) is 7.36. The smallest absolute Gasteiger partial charge is 0.255 e. The fourth-order valence-electron chi connectivity index (χ4n) is 2.04. The summed E-state index contributed by atoms with van der Waals surface area (Å²) in [6.45, 7) is 5.33. The van der Waals surface area contributed by atoms with E-state index in [0.717, 1.165) is 10.2 Å². The van der Waals surface area contributed by atoms with Gasteiger partial charge in [-0.25, -0.2) is 4.98 Å². The van der Waals surface area contributed by atoms with Crippen LogP contribution in [0.2, 0.25) is 0 Å². The summed E-state index contributed by atoms with van der Waals surface area (Å²) in [7, 11) is 0. The minimum Gasteiger partial charge on any atom is -0.335 e. The first-order chi connectivity index (χ1) is 9.60. The number of pyridine rings is 1. The van der Waals surface area contributed by atoms with Crippen molar-refractivity contribution in [3.8, 4) is 0 Å². The molecule has 0 aliphatic carbocycles. The van der Waals surface area contributed by atoms with Crippen LogP contribution in [0.3, 0.4) is 0 Å². The van der Waals surface area contributed by atoms with Gasteiger partial charge in [-0.2, -0.15) is 0 Å². The molecule has 1 heterocycles. The van der Waals surface area contributed by atoms with E-state index in [1.807, 2.05) is 24.0 Å². The van der Waals surface area contributed by atoms with Crippen molar-refractivity contribution < 1.29 is 4.79 Å². The number of carbonyl (C=O) groups excluding carboxylic acids is 1. The van der Waals surface area contributed by atoms with Crippen LogP contribution in [0.5, 0.6) is 0 Å². The number of benzene rings is 1. The Labute approximate surface area is 127 Å². The van der Waals surface area contributed by atoms with Crippen LogP contribution >= 0.6 is 15.9 Å². The van der Waals surface area contributed by atoms with Crippen LogP contribution in [0.1, 0.15) is 28.4 Å². The molecule has 0 fully saturated rings. The molecule has 0 saturated carbocycles. The lowest BCUT2D eigenvalue weighted by molar-refractivity contribution is 0.0752. The van der Waals surface area contributed by atoms with E-state index in [2.05, 4.69) is 40.0 Å². The van der Waals surface area contributed by atoms with E-state index in [9.17, 15) is 4.79 Å². The van der Waals surface area contributed by atoms with Gasteiger partial charge in [-0.15, -0.1) is 0 Å². The van der Waals surface area contributed by atoms with Crippen LogP contribution in [0, 0.1) is 6.92 Å². The number of aryl methyl sites for hydroxylation is 1. The van der Waals surface area contributed by atoms with E-state index in [4.69, 9.17) is 0 Å². The van der Waals surface area contributed by atoms with Gasteiger partial charge in [0.15, 0.2) is 0 Å². The number of hydrogen-bond donors (Lipinski definition) is 0. The van der Waals surface area contributed by atoms with E-state index in [-0.39, 0.29) is 5.91 Å². The second-order valence-corrected chi connectivity index (χ2v) is 5.49. The molecule has 0 saturated heterocycles. The summed E-state index contributed by atoms with van der Waals surface area (Å²) in [5, 5.41) is 0. The Kier molecular flexibility index (Phi) is 4.90. The molecular weight excluding hydrogens is 316 g/mol. The Morgan fingerprint density at radius 3 is 2.70 bits per heavy atom. The highest BCUT2D eigenvalue weighted by Crippen LogP contribution is 2.12. The van der Waals surface area contributed by atoms with Crippen molar-refractivity contribution in [3.05, 3.63) is 63.9 Å². The quantitative estimate of drug-likeness (QED) is 0.797. The normalized spacial score (nSPS) is 10.3. The number of amides is 1. The van der Waals surface area contributed by atoms with Gasteiger partial charge in [-0.3, -0.25) is 4.79 Å². The molecule has 1 amide bonds. The highest BCUT2D eigenvalue weighted by molar-refractivity contribution is 9.10. The SMILES string of the molecule is CCN(Cc1cccc(C)c1)C(=O)c1ccc(Br)nc1. The van der Waals surface area contributed by atoms with Crippen molar-refractivity contribution in [2.24, 2.45) is 0 Å². The average Bonchev–Trinajstić information content (AvgIpc) is 2.45. The molecule has 0 aliphatic rings. The third kappa shape index (κ3) is 3.67. The Bertz CT molecular complexity index is 596. The molecule has 1 aromatic heterocycles. The summed E-state index contributed by atoms with van der Waals surface area (Å²) in [5.74, 6) is 0.00834. The highest BCUT2D eigenvalue weighted by Gasteiger charge is 2.14. The Morgan fingerprint density at radius 1 is 1.30 bits per heavy atom. The zero-order valence-electron chi connectivity index (χ0n) is 11.6. The molecule has 0 bridgehead atoms. The van der Waals surface area contributed by atoms with Gasteiger partial charge >= 0.3 is 0 Å². The summed E-state index contributed by atoms with van der Waals surface area (Å²) in [4.78, 5) is 18.4. The molecular formula is C16H17BrN2O. The van der Waals surface area contributed by atoms with Gasteiger partial charge in [0.1, 0.15) is 4.60 Å². The first kappa shape index (κ1) is 14.7. The van der Waals surface area contributed by atoms with Crippen LogP contribution in [0.25, 0.3) is 0 Å². The molecule has 20 heavy (non-hydrogen) atoms. The van der Waals surface area contributed by atoms with E-state index in [0.29, 0.717) is 18.7 Å². The van der Waals surface area contributed by atoms with Crippen molar-refractivity contribution in [1.82, 2.24) is 9.88 Å². The van der Waals surface area contributed by atoms with E-state index < -0.39 is 0 Å². The Morgan fingerprint density at radius 2 is 2.10 bits per heavy atom. The van der Waals surface area contributed by atoms with E-state index >= 15 is 0 Å². The van der Waals surface area contributed by atoms with Crippen LogP contribution in [-0.4, -0.2) is 22.3 Å². The average molecular weight is 333 g/mol. The summed E-state index contributed by atoms with van der Waals surface area (Å²) < 4.78 is 0.732. The largest absolute Gasteiger partial charge is 0.335 e. The molecule has 0 unspecified atom stereocenters. The topological polar surface area (TPSA) is 33.2 Å². The number of halogens is 1. The Hall–Kier alpha value is -1.68. The zero-order valence-corrected chi connectivity index (χ0v) is 13.2. The van der Waals surface area contributed by atoms with Crippen molar-refractivity contribution in [2.45, 2.75) is 20.4 Å². The predicted octanol–water partition coefficient (Wildman–Crippen LogP) is 3.81. The van der Waals surface area contributed by atoms with Gasteiger partial charge in [0.05, 0.1) is 5.56 Å². The fraction of sp³-hybridized carbons (Fsp3) is 0.250. The number of aromatic nitrogens is 1. The molecule has 3 nitrogen and oxygen atoms in total. The number of carbonyl (C=O) groups is 1. The Balaban J connectivity index is 2.15. The predicted molar refractivity (Wildman–Crippen MR) is 83.5 cm³/mol. The lowest BCUT2D eigenvalue weighted by Gasteiger charge is -2.21. The molecule has 0 spiro atoms. The van der Waals surface area contributed by atoms with E-state index in [1.165, 1.54) is 5.56 Å². The van der Waals surface area contributed by atoms with Crippen LogP contribution in [0.15, 0.2) is 47.2 Å². The molecule has 104 valence electrons. The van der Waals surface area contributed by atoms with Crippen molar-refractivity contribution in [1.29, 1.82) is 0 Å². The minimum absolute atomic E-state index is 0.00834. The van der Waals surface area contributed by atoms with Crippen molar-refractivity contribution in [3.63, 3.8) is 0 Å². The second kappa shape index (κ2) is 6.66. The van der Waals surface area contributed by atoms with Gasteiger partial charge in [0.2, 0.25) is 0 Å². The summed E-state index contributed by atoms with van der Waals surface area (Å²) >= 11 is 3.27. The monoisotopic (exact) mass is 332 g/mol. The van der Waals surface area contributed by atoms with Gasteiger partial charge in [0, 0.05) is 19.3 Å². The highest BCUT2D eigenvalue weighted by atomic mass is 79.9. The first-order valence-electron chi connectivity index (χ1n) is 6.56. The zero-order chi connectivity index (χ0) is 14.5. The molecule has 4 heteroatoms. The third-order valence-electron chi connectivity index (χ3n) is 3.10. The van der Waals surface area contributed by atoms with Gasteiger partial charge < -0.3 is 4.90 Å². The number of hydrogen-bond acceptors (Lipinski definition) is 2. The van der Waals surface area contributed by atoms with Crippen molar-refractivity contribution in [2.75, 3.05) is 6.54 Å². The maximum Gasteiger partial charge on any atom is 0.255 e. The van der Waals surface area contributed by atoms with Crippen LogP contribution in [0.4, 0.5) is 0 Å². The summed E-state index contributed by atoms with van der Waals surface area (Å²) in [6.07, 6.45) is 1.60. The molecule has 2 aromatic rings. The maximum absolute atomic E-state index is 12.4. The van der Waals surface area contributed by atoms with Crippen molar-refractivity contribution >= 4 is 21.8 Å². The van der Waals surface area contributed by atoms with Crippen LogP contribution in [-0.2, 0) is 6.54 Å². The van der Waals surface area contributed by atoms with E-state index in [1.54, 1.807) is 18.3 Å². The summed E-state index contributed by atoms with van der Waals surface area (Å²) in [6, 6.07) is 11.8. The molecule has 0 atom stereocenters. The molecule has 2 rings (SSSR count). The standard InChI is InChI=1S/C16H17BrN2O/c1-3-19(11-13-6-4-5-12(2)9-13)16(20)14-7-8-15(17)18-10-14/h4-10H,3,11H2,1-2H3.